The summed E-state index contributed by atoms with van der Waals surface area (Å²) in [6, 6.07) is 12.4. The van der Waals surface area contributed by atoms with Gasteiger partial charge in [0.1, 0.15) is 11.8 Å². The van der Waals surface area contributed by atoms with Crippen molar-refractivity contribution in [3.63, 3.8) is 0 Å². The second-order valence-electron chi connectivity index (χ2n) is 5.94. The molecule has 1 fully saturated rings. The lowest BCUT2D eigenvalue weighted by Gasteiger charge is -2.18. The van der Waals surface area contributed by atoms with Crippen molar-refractivity contribution in [3.05, 3.63) is 53.6 Å². The molecule has 1 aliphatic heterocycles. The Labute approximate surface area is 141 Å². The van der Waals surface area contributed by atoms with Crippen molar-refractivity contribution in [2.24, 2.45) is 0 Å². The Morgan fingerprint density at radius 3 is 2.54 bits per heavy atom. The average Bonchev–Trinajstić information content (AvgIpc) is 2.85. The number of para-hydroxylation sites is 2. The lowest BCUT2D eigenvalue weighted by Crippen LogP contribution is -2.35. The SMILES string of the molecule is COc1ccccc1N1C(=O)CC(Nc2ccc(C)c(C)c2)C1=O. The van der Waals surface area contributed by atoms with E-state index >= 15 is 0 Å². The zero-order valence-corrected chi connectivity index (χ0v) is 14.0. The fourth-order valence-corrected chi connectivity index (χ4v) is 2.84. The maximum Gasteiger partial charge on any atom is 0.256 e. The minimum atomic E-state index is -0.565. The van der Waals surface area contributed by atoms with Gasteiger partial charge in [0.2, 0.25) is 5.91 Å². The highest BCUT2D eigenvalue weighted by molar-refractivity contribution is 6.23. The van der Waals surface area contributed by atoms with E-state index in [-0.39, 0.29) is 18.2 Å². The fourth-order valence-electron chi connectivity index (χ4n) is 2.84. The second kappa shape index (κ2) is 6.35. The second-order valence-corrected chi connectivity index (χ2v) is 5.94. The van der Waals surface area contributed by atoms with E-state index < -0.39 is 6.04 Å². The van der Waals surface area contributed by atoms with Crippen molar-refractivity contribution >= 4 is 23.2 Å². The third kappa shape index (κ3) is 2.85. The predicted molar refractivity (Wildman–Crippen MR) is 93.4 cm³/mol. The molecule has 0 aromatic heterocycles. The van der Waals surface area contributed by atoms with Crippen molar-refractivity contribution in [1.82, 2.24) is 0 Å². The van der Waals surface area contributed by atoms with Crippen molar-refractivity contribution in [3.8, 4) is 5.75 Å². The molecule has 1 unspecified atom stereocenters. The van der Waals surface area contributed by atoms with Crippen LogP contribution >= 0.6 is 0 Å². The van der Waals surface area contributed by atoms with Crippen molar-refractivity contribution in [1.29, 1.82) is 0 Å². The maximum atomic E-state index is 12.7. The van der Waals surface area contributed by atoms with Crippen molar-refractivity contribution < 1.29 is 14.3 Å². The van der Waals surface area contributed by atoms with Gasteiger partial charge in [0.15, 0.2) is 0 Å². The van der Waals surface area contributed by atoms with Gasteiger partial charge in [0.05, 0.1) is 19.2 Å². The Bertz CT molecular complexity index is 801. The van der Waals surface area contributed by atoms with Gasteiger partial charge < -0.3 is 10.1 Å². The highest BCUT2D eigenvalue weighted by Crippen LogP contribution is 2.32. The number of hydrogen-bond acceptors (Lipinski definition) is 4. The summed E-state index contributed by atoms with van der Waals surface area (Å²) in [5.74, 6) is 0.0135. The summed E-state index contributed by atoms with van der Waals surface area (Å²) >= 11 is 0. The molecule has 3 rings (SSSR count). The molecule has 1 saturated heterocycles. The molecule has 24 heavy (non-hydrogen) atoms. The van der Waals surface area contributed by atoms with E-state index in [4.69, 9.17) is 4.74 Å². The Morgan fingerprint density at radius 2 is 1.83 bits per heavy atom. The van der Waals surface area contributed by atoms with E-state index in [1.165, 1.54) is 17.6 Å². The van der Waals surface area contributed by atoms with Gasteiger partial charge in [-0.05, 0) is 49.2 Å². The van der Waals surface area contributed by atoms with Gasteiger partial charge in [-0.3, -0.25) is 9.59 Å². The number of nitrogens with one attached hydrogen (secondary N) is 1. The van der Waals surface area contributed by atoms with Gasteiger partial charge in [-0.2, -0.15) is 0 Å². The number of rotatable bonds is 4. The van der Waals surface area contributed by atoms with Crippen LogP contribution in [0.5, 0.6) is 5.75 Å². The van der Waals surface area contributed by atoms with Crippen LogP contribution in [0, 0.1) is 13.8 Å². The largest absolute Gasteiger partial charge is 0.495 e. The molecular weight excluding hydrogens is 304 g/mol. The molecule has 1 aliphatic rings. The molecule has 0 spiro atoms. The lowest BCUT2D eigenvalue weighted by atomic mass is 10.1. The number of aryl methyl sites for hydroxylation is 2. The van der Waals surface area contributed by atoms with Crippen LogP contribution < -0.4 is 15.0 Å². The Morgan fingerprint density at radius 1 is 1.08 bits per heavy atom. The molecule has 5 nitrogen and oxygen atoms in total. The first-order chi connectivity index (χ1) is 11.5. The average molecular weight is 324 g/mol. The van der Waals surface area contributed by atoms with Gasteiger partial charge in [-0.1, -0.05) is 18.2 Å². The molecule has 1 heterocycles. The third-order valence-electron chi connectivity index (χ3n) is 4.32. The molecule has 0 radical (unpaired) electrons. The number of imide groups is 1. The molecule has 1 N–H and O–H groups in total. The van der Waals surface area contributed by atoms with E-state index in [9.17, 15) is 9.59 Å². The van der Waals surface area contributed by atoms with Gasteiger partial charge >= 0.3 is 0 Å². The summed E-state index contributed by atoms with van der Waals surface area (Å²) < 4.78 is 5.27. The summed E-state index contributed by atoms with van der Waals surface area (Å²) in [6.45, 7) is 4.05. The first-order valence-corrected chi connectivity index (χ1v) is 7.85. The number of carbonyl (C=O) groups is 2. The van der Waals surface area contributed by atoms with Crippen LogP contribution in [0.25, 0.3) is 0 Å². The monoisotopic (exact) mass is 324 g/mol. The molecule has 2 amide bonds. The van der Waals surface area contributed by atoms with Crippen LogP contribution in [0.15, 0.2) is 42.5 Å². The van der Waals surface area contributed by atoms with Gasteiger partial charge in [-0.15, -0.1) is 0 Å². The van der Waals surface area contributed by atoms with E-state index in [1.807, 2.05) is 32.0 Å². The van der Waals surface area contributed by atoms with Gasteiger partial charge in [0, 0.05) is 5.69 Å². The number of amides is 2. The first kappa shape index (κ1) is 16.1. The van der Waals surface area contributed by atoms with Crippen LogP contribution in [-0.2, 0) is 9.59 Å². The minimum Gasteiger partial charge on any atom is -0.495 e. The quantitative estimate of drug-likeness (QED) is 0.878. The molecule has 124 valence electrons. The number of nitrogens with zero attached hydrogens (tertiary/aromatic N) is 1. The highest BCUT2D eigenvalue weighted by Gasteiger charge is 2.40. The van der Waals surface area contributed by atoms with Crippen molar-refractivity contribution in [2.75, 3.05) is 17.3 Å². The molecule has 1 atom stereocenters. The first-order valence-electron chi connectivity index (χ1n) is 7.85. The topological polar surface area (TPSA) is 58.6 Å². The molecule has 0 bridgehead atoms. The smallest absolute Gasteiger partial charge is 0.256 e. The van der Waals surface area contributed by atoms with Crippen LogP contribution in [0.1, 0.15) is 17.5 Å². The third-order valence-corrected chi connectivity index (χ3v) is 4.32. The summed E-state index contributed by atoms with van der Waals surface area (Å²) in [5.41, 5.74) is 3.65. The fraction of sp³-hybridized carbons (Fsp3) is 0.263. The normalized spacial score (nSPS) is 17.3. The number of methoxy groups -OCH3 is 1. The van der Waals surface area contributed by atoms with Crippen LogP contribution in [0.3, 0.4) is 0 Å². The van der Waals surface area contributed by atoms with Crippen LogP contribution in [0.4, 0.5) is 11.4 Å². The molecule has 0 saturated carbocycles. The zero-order chi connectivity index (χ0) is 17.3. The number of hydrogen-bond donors (Lipinski definition) is 1. The van der Waals surface area contributed by atoms with Crippen molar-refractivity contribution in [2.45, 2.75) is 26.3 Å². The Balaban J connectivity index is 1.85. The molecule has 0 aliphatic carbocycles. The molecule has 2 aromatic rings. The predicted octanol–water partition coefficient (Wildman–Crippen LogP) is 3.06. The van der Waals surface area contributed by atoms with Crippen LogP contribution in [0.2, 0.25) is 0 Å². The lowest BCUT2D eigenvalue weighted by molar-refractivity contribution is -0.121. The van der Waals surface area contributed by atoms with E-state index in [2.05, 4.69) is 5.32 Å². The molecular formula is C19H20N2O3. The number of carbonyl (C=O) groups excluding carboxylic acids is 2. The van der Waals surface area contributed by atoms with Crippen LogP contribution in [-0.4, -0.2) is 25.0 Å². The van der Waals surface area contributed by atoms with E-state index in [0.717, 1.165) is 11.3 Å². The maximum absolute atomic E-state index is 12.7. The Kier molecular flexibility index (Phi) is 4.25. The molecule has 5 heteroatoms. The summed E-state index contributed by atoms with van der Waals surface area (Å²) in [7, 11) is 1.52. The van der Waals surface area contributed by atoms with Gasteiger partial charge in [0.25, 0.3) is 5.91 Å². The summed E-state index contributed by atoms with van der Waals surface area (Å²) in [6.07, 6.45) is 0.129. The van der Waals surface area contributed by atoms with E-state index in [0.29, 0.717) is 11.4 Å². The standard InChI is InChI=1S/C19H20N2O3/c1-12-8-9-14(10-13(12)2)20-15-11-18(22)21(19(15)23)16-6-4-5-7-17(16)24-3/h4-10,15,20H,11H2,1-3H3. The van der Waals surface area contributed by atoms with E-state index in [1.54, 1.807) is 24.3 Å². The number of anilines is 2. The summed E-state index contributed by atoms with van der Waals surface area (Å²) in [4.78, 5) is 26.3. The summed E-state index contributed by atoms with van der Waals surface area (Å²) in [5, 5.41) is 3.17. The van der Waals surface area contributed by atoms with Gasteiger partial charge in [-0.25, -0.2) is 4.90 Å². The number of benzene rings is 2. The minimum absolute atomic E-state index is 0.129. The molecule has 2 aromatic carbocycles. The zero-order valence-electron chi connectivity index (χ0n) is 14.0. The Hall–Kier alpha value is -2.82. The highest BCUT2D eigenvalue weighted by atomic mass is 16.5. The number of ether oxygens (including phenoxy) is 1.